The maximum Gasteiger partial charge on any atom is 0.265 e. The second-order valence-electron chi connectivity index (χ2n) is 4.13. The van der Waals surface area contributed by atoms with Gasteiger partial charge in [0.25, 0.3) is 10.0 Å². The van der Waals surface area contributed by atoms with Crippen molar-refractivity contribution in [1.82, 2.24) is 0 Å². The first-order chi connectivity index (χ1) is 8.53. The lowest BCUT2D eigenvalue weighted by atomic mass is 10.1. The number of rotatable bonds is 0. The highest BCUT2D eigenvalue weighted by Gasteiger charge is 2.33. The Morgan fingerprint density at radius 3 is 2.72 bits per heavy atom. The smallest absolute Gasteiger partial charge is 0.265 e. The van der Waals surface area contributed by atoms with Crippen molar-refractivity contribution in [1.29, 1.82) is 0 Å². The SMILES string of the molecule is CN1c2ccccc2C(S)c2cscc2S1(=O)=O. The first-order valence-electron chi connectivity index (χ1n) is 5.35. The molecule has 1 unspecified atom stereocenters. The Hall–Kier alpha value is -0.980. The molecule has 1 aliphatic heterocycles. The Morgan fingerprint density at radius 1 is 1.22 bits per heavy atom. The molecule has 6 heteroatoms. The highest BCUT2D eigenvalue weighted by Crippen LogP contribution is 2.44. The van der Waals surface area contributed by atoms with Gasteiger partial charge in [0.1, 0.15) is 4.90 Å². The quantitative estimate of drug-likeness (QED) is 0.759. The van der Waals surface area contributed by atoms with Crippen molar-refractivity contribution in [2.24, 2.45) is 0 Å². The van der Waals surface area contributed by atoms with Crippen molar-refractivity contribution in [3.05, 3.63) is 46.2 Å². The molecule has 0 bridgehead atoms. The molecule has 0 amide bonds. The minimum atomic E-state index is -3.47. The lowest BCUT2D eigenvalue weighted by Crippen LogP contribution is -2.26. The van der Waals surface area contributed by atoms with Gasteiger partial charge in [-0.05, 0) is 17.0 Å². The van der Waals surface area contributed by atoms with Crippen LogP contribution in [0.4, 0.5) is 5.69 Å². The zero-order valence-electron chi connectivity index (χ0n) is 9.57. The zero-order chi connectivity index (χ0) is 12.9. The molecule has 1 aromatic heterocycles. The fraction of sp³-hybridized carbons (Fsp3) is 0.167. The summed E-state index contributed by atoms with van der Waals surface area (Å²) in [5.41, 5.74) is 2.38. The molecular weight excluding hydrogens is 286 g/mol. The van der Waals surface area contributed by atoms with Crippen LogP contribution in [0.15, 0.2) is 39.9 Å². The molecule has 1 aliphatic rings. The number of benzene rings is 1. The molecule has 0 radical (unpaired) electrons. The van der Waals surface area contributed by atoms with E-state index in [1.807, 2.05) is 29.6 Å². The van der Waals surface area contributed by atoms with E-state index in [9.17, 15) is 8.42 Å². The number of anilines is 1. The number of hydrogen-bond acceptors (Lipinski definition) is 4. The van der Waals surface area contributed by atoms with Gasteiger partial charge < -0.3 is 0 Å². The van der Waals surface area contributed by atoms with Crippen molar-refractivity contribution >= 4 is 39.7 Å². The van der Waals surface area contributed by atoms with Crippen LogP contribution in [0, 0.1) is 0 Å². The molecule has 2 heterocycles. The van der Waals surface area contributed by atoms with Gasteiger partial charge in [-0.25, -0.2) is 8.42 Å². The normalized spacial score (nSPS) is 21.0. The number of nitrogens with zero attached hydrogens (tertiary/aromatic N) is 1. The minimum absolute atomic E-state index is 0.206. The minimum Gasteiger partial charge on any atom is -0.269 e. The number of sulfonamides is 1. The summed E-state index contributed by atoms with van der Waals surface area (Å²) in [4.78, 5) is 0.367. The molecular formula is C12H11NO2S3. The summed E-state index contributed by atoms with van der Waals surface area (Å²) in [6.07, 6.45) is 0. The first-order valence-corrected chi connectivity index (χ1v) is 8.25. The van der Waals surface area contributed by atoms with Gasteiger partial charge >= 0.3 is 0 Å². The molecule has 3 nitrogen and oxygen atoms in total. The molecule has 1 aromatic carbocycles. The Morgan fingerprint density at radius 2 is 1.94 bits per heavy atom. The van der Waals surface area contributed by atoms with Crippen LogP contribution >= 0.6 is 24.0 Å². The average molecular weight is 297 g/mol. The van der Waals surface area contributed by atoms with Crippen LogP contribution in [0.3, 0.4) is 0 Å². The Balaban J connectivity index is 2.40. The molecule has 2 aromatic rings. The molecule has 0 saturated heterocycles. The third-order valence-electron chi connectivity index (χ3n) is 3.16. The molecule has 1 atom stereocenters. The van der Waals surface area contributed by atoms with Crippen LogP contribution in [-0.2, 0) is 10.0 Å². The van der Waals surface area contributed by atoms with Crippen molar-refractivity contribution in [3.8, 4) is 0 Å². The van der Waals surface area contributed by atoms with Crippen LogP contribution in [0.5, 0.6) is 0 Å². The van der Waals surface area contributed by atoms with Crippen molar-refractivity contribution in [2.75, 3.05) is 11.4 Å². The molecule has 0 spiro atoms. The van der Waals surface area contributed by atoms with E-state index in [1.54, 1.807) is 12.4 Å². The number of hydrogen-bond donors (Lipinski definition) is 1. The predicted molar refractivity (Wildman–Crippen MR) is 77.2 cm³/mol. The van der Waals surface area contributed by atoms with Crippen molar-refractivity contribution in [2.45, 2.75) is 10.1 Å². The third kappa shape index (κ3) is 1.52. The largest absolute Gasteiger partial charge is 0.269 e. The molecule has 18 heavy (non-hydrogen) atoms. The fourth-order valence-corrected chi connectivity index (χ4v) is 5.43. The third-order valence-corrected chi connectivity index (χ3v) is 6.45. The lowest BCUT2D eigenvalue weighted by molar-refractivity contribution is 0.594. The highest BCUT2D eigenvalue weighted by atomic mass is 32.2. The standard InChI is InChI=1S/C12H11NO2S3/c1-13-10-5-3-2-4-8(10)12(16)9-6-17-7-11(9)18(13,14)15/h2-7,12,16H,1H3. The molecule has 0 fully saturated rings. The monoisotopic (exact) mass is 297 g/mol. The average Bonchev–Trinajstić information content (AvgIpc) is 2.84. The lowest BCUT2D eigenvalue weighted by Gasteiger charge is -2.19. The summed E-state index contributed by atoms with van der Waals surface area (Å²) < 4.78 is 26.3. The van der Waals surface area contributed by atoms with E-state index in [4.69, 9.17) is 0 Å². The number of thiol groups is 1. The van der Waals surface area contributed by atoms with E-state index in [0.29, 0.717) is 10.6 Å². The van der Waals surface area contributed by atoms with Crippen LogP contribution in [0.2, 0.25) is 0 Å². The van der Waals surface area contributed by atoms with Crippen LogP contribution < -0.4 is 4.31 Å². The molecule has 0 aliphatic carbocycles. The van der Waals surface area contributed by atoms with Crippen LogP contribution in [0.1, 0.15) is 16.4 Å². The number of thiophene rings is 1. The van der Waals surface area contributed by atoms with E-state index >= 15 is 0 Å². The molecule has 0 saturated carbocycles. The summed E-state index contributed by atoms with van der Waals surface area (Å²) in [5, 5.41) is 3.33. The second-order valence-corrected chi connectivity index (χ2v) is 7.32. The summed E-state index contributed by atoms with van der Waals surface area (Å²) in [6.45, 7) is 0. The van der Waals surface area contributed by atoms with E-state index < -0.39 is 10.0 Å². The molecule has 3 rings (SSSR count). The molecule has 94 valence electrons. The van der Waals surface area contributed by atoms with Crippen molar-refractivity contribution in [3.63, 3.8) is 0 Å². The summed E-state index contributed by atoms with van der Waals surface area (Å²) >= 11 is 5.98. The van der Waals surface area contributed by atoms with E-state index in [2.05, 4.69) is 12.6 Å². The molecule has 0 N–H and O–H groups in total. The maximum atomic E-state index is 12.5. The summed E-state index contributed by atoms with van der Waals surface area (Å²) in [6, 6.07) is 7.47. The second kappa shape index (κ2) is 4.01. The fourth-order valence-electron chi connectivity index (χ4n) is 2.15. The van der Waals surface area contributed by atoms with Gasteiger partial charge in [-0.15, -0.1) is 0 Å². The van der Waals surface area contributed by atoms with Crippen LogP contribution in [0.25, 0.3) is 0 Å². The van der Waals surface area contributed by atoms with Gasteiger partial charge in [0.05, 0.1) is 10.9 Å². The summed E-state index contributed by atoms with van der Waals surface area (Å²) in [7, 11) is -1.88. The number of para-hydroxylation sites is 1. The van der Waals surface area contributed by atoms with Gasteiger partial charge in [-0.3, -0.25) is 4.31 Å². The highest BCUT2D eigenvalue weighted by molar-refractivity contribution is 7.93. The van der Waals surface area contributed by atoms with Gasteiger partial charge in [-0.1, -0.05) is 18.2 Å². The van der Waals surface area contributed by atoms with Gasteiger partial charge in [-0.2, -0.15) is 24.0 Å². The van der Waals surface area contributed by atoms with Gasteiger partial charge in [0.2, 0.25) is 0 Å². The van der Waals surface area contributed by atoms with Gasteiger partial charge in [0.15, 0.2) is 0 Å². The van der Waals surface area contributed by atoms with Crippen LogP contribution in [-0.4, -0.2) is 15.5 Å². The predicted octanol–water partition coefficient (Wildman–Crippen LogP) is 2.91. The Kier molecular flexibility index (Phi) is 2.69. The zero-order valence-corrected chi connectivity index (χ0v) is 12.1. The van der Waals surface area contributed by atoms with Crippen molar-refractivity contribution < 1.29 is 8.42 Å². The Bertz CT molecular complexity index is 706. The first kappa shape index (κ1) is 12.1. The van der Waals surface area contributed by atoms with E-state index in [0.717, 1.165) is 11.1 Å². The number of fused-ring (bicyclic) bond motifs is 2. The maximum absolute atomic E-state index is 12.5. The summed E-state index contributed by atoms with van der Waals surface area (Å²) in [5.74, 6) is 0. The van der Waals surface area contributed by atoms with E-state index in [-0.39, 0.29) is 5.25 Å². The Labute approximate surface area is 116 Å². The van der Waals surface area contributed by atoms with E-state index in [1.165, 1.54) is 15.6 Å². The topological polar surface area (TPSA) is 37.4 Å². The van der Waals surface area contributed by atoms with Gasteiger partial charge in [0, 0.05) is 18.0 Å².